The maximum atomic E-state index is 10.8. The molecule has 0 bridgehead atoms. The van der Waals surface area contributed by atoms with Gasteiger partial charge in [0.1, 0.15) is 12.9 Å². The third kappa shape index (κ3) is 3.63. The van der Waals surface area contributed by atoms with Gasteiger partial charge in [-0.1, -0.05) is 54.6 Å². The van der Waals surface area contributed by atoms with Crippen LogP contribution in [0.1, 0.15) is 15.9 Å². The van der Waals surface area contributed by atoms with Gasteiger partial charge in [-0.05, 0) is 34.9 Å². The Labute approximate surface area is 141 Å². The first-order valence-corrected chi connectivity index (χ1v) is 7.70. The minimum atomic E-state index is 0.436. The van der Waals surface area contributed by atoms with E-state index in [1.165, 1.54) is 11.1 Å². The van der Waals surface area contributed by atoms with Crippen molar-refractivity contribution >= 4 is 6.29 Å². The molecule has 3 aromatic rings. The minimum absolute atomic E-state index is 0.436. The summed E-state index contributed by atoms with van der Waals surface area (Å²) in [5, 5.41) is 0. The molecule has 0 aromatic heterocycles. The van der Waals surface area contributed by atoms with Gasteiger partial charge in [0.05, 0.1) is 7.11 Å². The molecular weight excluding hydrogens is 300 g/mol. The van der Waals surface area contributed by atoms with Crippen LogP contribution in [0.15, 0.2) is 72.8 Å². The number of rotatable bonds is 6. The second-order valence-electron chi connectivity index (χ2n) is 5.38. The Balaban J connectivity index is 1.70. The number of methoxy groups -OCH3 is 1. The van der Waals surface area contributed by atoms with Gasteiger partial charge in [0, 0.05) is 5.56 Å². The molecule has 0 heterocycles. The highest BCUT2D eigenvalue weighted by molar-refractivity contribution is 5.76. The summed E-state index contributed by atoms with van der Waals surface area (Å²) in [6.45, 7) is 0.436. The third-order valence-corrected chi connectivity index (χ3v) is 3.78. The highest BCUT2D eigenvalue weighted by Gasteiger charge is 2.06. The van der Waals surface area contributed by atoms with Gasteiger partial charge in [-0.25, -0.2) is 0 Å². The summed E-state index contributed by atoms with van der Waals surface area (Å²) in [4.78, 5) is 10.8. The lowest BCUT2D eigenvalue weighted by atomic mass is 10.0. The molecular formula is C21H18O3. The van der Waals surface area contributed by atoms with Gasteiger partial charge >= 0.3 is 0 Å². The second kappa shape index (κ2) is 7.47. The van der Waals surface area contributed by atoms with E-state index in [4.69, 9.17) is 9.47 Å². The van der Waals surface area contributed by atoms with E-state index in [0.717, 1.165) is 11.8 Å². The van der Waals surface area contributed by atoms with Gasteiger partial charge in [-0.3, -0.25) is 4.79 Å². The molecule has 120 valence electrons. The van der Waals surface area contributed by atoms with E-state index in [-0.39, 0.29) is 0 Å². The molecule has 0 N–H and O–H groups in total. The molecule has 0 aliphatic carbocycles. The first kappa shape index (κ1) is 15.8. The number of hydrogen-bond acceptors (Lipinski definition) is 3. The summed E-state index contributed by atoms with van der Waals surface area (Å²) in [6, 6.07) is 23.6. The van der Waals surface area contributed by atoms with E-state index >= 15 is 0 Å². The zero-order valence-corrected chi connectivity index (χ0v) is 13.4. The van der Waals surface area contributed by atoms with Crippen LogP contribution in [0.5, 0.6) is 11.5 Å². The molecule has 0 saturated heterocycles. The van der Waals surface area contributed by atoms with E-state index in [1.807, 2.05) is 18.2 Å². The molecule has 3 nitrogen and oxygen atoms in total. The maximum Gasteiger partial charge on any atom is 0.161 e. The number of benzene rings is 3. The number of carbonyl (C=O) groups excluding carboxylic acids is 1. The first-order valence-electron chi connectivity index (χ1n) is 7.70. The van der Waals surface area contributed by atoms with Crippen LogP contribution in [0.3, 0.4) is 0 Å². The highest BCUT2D eigenvalue weighted by atomic mass is 16.5. The Hall–Kier alpha value is -3.07. The fraction of sp³-hybridized carbons (Fsp3) is 0.0952. The molecule has 0 aliphatic rings. The Morgan fingerprint density at radius 1 is 0.833 bits per heavy atom. The summed E-state index contributed by atoms with van der Waals surface area (Å²) in [6.07, 6.45) is 0.786. The maximum absolute atomic E-state index is 10.8. The van der Waals surface area contributed by atoms with Gasteiger partial charge in [0.2, 0.25) is 0 Å². The van der Waals surface area contributed by atoms with Crippen molar-refractivity contribution in [3.05, 3.63) is 83.9 Å². The lowest BCUT2D eigenvalue weighted by Crippen LogP contribution is -1.98. The zero-order valence-electron chi connectivity index (χ0n) is 13.4. The molecule has 24 heavy (non-hydrogen) atoms. The fourth-order valence-corrected chi connectivity index (χ4v) is 2.46. The molecule has 0 spiro atoms. The average Bonchev–Trinajstić information content (AvgIpc) is 2.67. The zero-order chi connectivity index (χ0) is 16.8. The molecule has 3 rings (SSSR count). The summed E-state index contributed by atoms with van der Waals surface area (Å²) in [5.41, 5.74) is 3.99. The normalized spacial score (nSPS) is 10.2. The van der Waals surface area contributed by atoms with E-state index in [0.29, 0.717) is 23.7 Å². The number of aldehydes is 1. The van der Waals surface area contributed by atoms with Crippen molar-refractivity contribution in [2.45, 2.75) is 6.61 Å². The summed E-state index contributed by atoms with van der Waals surface area (Å²) < 4.78 is 11.1. The van der Waals surface area contributed by atoms with E-state index < -0.39 is 0 Å². The van der Waals surface area contributed by atoms with Gasteiger partial charge in [-0.15, -0.1) is 0 Å². The van der Waals surface area contributed by atoms with Crippen LogP contribution >= 0.6 is 0 Å². The van der Waals surface area contributed by atoms with Gasteiger partial charge in [-0.2, -0.15) is 0 Å². The standard InChI is InChI=1S/C21H18O3/c1-23-21-13-17(14-22)9-12-20(21)24-15-16-7-10-19(11-8-16)18-5-3-2-4-6-18/h2-14H,15H2,1H3. The van der Waals surface area contributed by atoms with Crippen molar-refractivity contribution in [2.75, 3.05) is 7.11 Å². The van der Waals surface area contributed by atoms with Gasteiger partial charge < -0.3 is 9.47 Å². The van der Waals surface area contributed by atoms with Gasteiger partial charge in [0.15, 0.2) is 11.5 Å². The predicted molar refractivity (Wildman–Crippen MR) is 94.6 cm³/mol. The lowest BCUT2D eigenvalue weighted by molar-refractivity contribution is 0.112. The van der Waals surface area contributed by atoms with Crippen molar-refractivity contribution in [3.8, 4) is 22.6 Å². The van der Waals surface area contributed by atoms with Crippen molar-refractivity contribution in [2.24, 2.45) is 0 Å². The van der Waals surface area contributed by atoms with Crippen LogP contribution in [0, 0.1) is 0 Å². The third-order valence-electron chi connectivity index (χ3n) is 3.78. The summed E-state index contributed by atoms with van der Waals surface area (Å²) in [5.74, 6) is 1.18. The van der Waals surface area contributed by atoms with E-state index in [2.05, 4.69) is 36.4 Å². The van der Waals surface area contributed by atoms with Gasteiger partial charge in [0.25, 0.3) is 0 Å². The molecule has 0 radical (unpaired) electrons. The Kier molecular flexibility index (Phi) is 4.92. The van der Waals surface area contributed by atoms with Crippen LogP contribution in [-0.4, -0.2) is 13.4 Å². The largest absolute Gasteiger partial charge is 0.493 e. The van der Waals surface area contributed by atoms with Crippen molar-refractivity contribution in [3.63, 3.8) is 0 Å². The number of hydrogen-bond donors (Lipinski definition) is 0. The molecule has 0 atom stereocenters. The fourth-order valence-electron chi connectivity index (χ4n) is 2.46. The molecule has 3 heteroatoms. The average molecular weight is 318 g/mol. The van der Waals surface area contributed by atoms with Crippen molar-refractivity contribution in [1.29, 1.82) is 0 Å². The van der Waals surface area contributed by atoms with Crippen molar-refractivity contribution < 1.29 is 14.3 Å². The number of ether oxygens (including phenoxy) is 2. The second-order valence-corrected chi connectivity index (χ2v) is 5.38. The molecule has 0 fully saturated rings. The molecule has 0 unspecified atom stereocenters. The van der Waals surface area contributed by atoms with Crippen LogP contribution in [0.25, 0.3) is 11.1 Å². The quantitative estimate of drug-likeness (QED) is 0.615. The van der Waals surface area contributed by atoms with E-state index in [9.17, 15) is 4.79 Å². The smallest absolute Gasteiger partial charge is 0.161 e. The topological polar surface area (TPSA) is 35.5 Å². The summed E-state index contributed by atoms with van der Waals surface area (Å²) in [7, 11) is 1.56. The molecule has 0 amide bonds. The number of carbonyl (C=O) groups is 1. The molecule has 0 saturated carbocycles. The highest BCUT2D eigenvalue weighted by Crippen LogP contribution is 2.28. The molecule has 0 aliphatic heterocycles. The first-order chi connectivity index (χ1) is 11.8. The SMILES string of the molecule is COc1cc(C=O)ccc1OCc1ccc(-c2ccccc2)cc1. The van der Waals surface area contributed by atoms with Crippen LogP contribution < -0.4 is 9.47 Å². The minimum Gasteiger partial charge on any atom is -0.493 e. The van der Waals surface area contributed by atoms with Crippen LogP contribution in [-0.2, 0) is 6.61 Å². The Morgan fingerprint density at radius 2 is 1.54 bits per heavy atom. The Morgan fingerprint density at radius 3 is 2.21 bits per heavy atom. The van der Waals surface area contributed by atoms with Crippen LogP contribution in [0.2, 0.25) is 0 Å². The van der Waals surface area contributed by atoms with Crippen LogP contribution in [0.4, 0.5) is 0 Å². The Bertz CT molecular complexity index is 808. The summed E-state index contributed by atoms with van der Waals surface area (Å²) >= 11 is 0. The monoisotopic (exact) mass is 318 g/mol. The lowest BCUT2D eigenvalue weighted by Gasteiger charge is -2.11. The molecule has 3 aromatic carbocycles. The van der Waals surface area contributed by atoms with Crippen molar-refractivity contribution in [1.82, 2.24) is 0 Å². The predicted octanol–water partition coefficient (Wildman–Crippen LogP) is 4.75. The van der Waals surface area contributed by atoms with E-state index in [1.54, 1.807) is 25.3 Å².